The molecule has 1 fully saturated rings. The molecule has 170 valence electrons. The van der Waals surface area contributed by atoms with Gasteiger partial charge in [0.15, 0.2) is 0 Å². The van der Waals surface area contributed by atoms with Crippen LogP contribution in [0.1, 0.15) is 48.1 Å². The van der Waals surface area contributed by atoms with Crippen LogP contribution in [0.2, 0.25) is 0 Å². The van der Waals surface area contributed by atoms with E-state index in [4.69, 9.17) is 10.5 Å². The van der Waals surface area contributed by atoms with Gasteiger partial charge < -0.3 is 15.6 Å². The third-order valence-electron chi connectivity index (χ3n) is 5.77. The second-order valence-corrected chi connectivity index (χ2v) is 8.31. The van der Waals surface area contributed by atoms with Crippen molar-refractivity contribution in [3.05, 3.63) is 70.8 Å². The minimum atomic E-state index is -4.92. The summed E-state index contributed by atoms with van der Waals surface area (Å²) in [7, 11) is 0. The summed E-state index contributed by atoms with van der Waals surface area (Å²) < 4.78 is 84.6. The number of hydrogen-bond donors (Lipinski definition) is 2. The maximum atomic E-state index is 13.1. The Bertz CT molecular complexity index is 872. The van der Waals surface area contributed by atoms with E-state index < -0.39 is 40.5 Å². The number of aliphatic hydroxyl groups excluding tert-OH is 1. The van der Waals surface area contributed by atoms with Gasteiger partial charge in [0, 0.05) is 11.0 Å². The van der Waals surface area contributed by atoms with Crippen molar-refractivity contribution < 1.29 is 36.2 Å². The van der Waals surface area contributed by atoms with Crippen LogP contribution < -0.4 is 5.73 Å². The van der Waals surface area contributed by atoms with Crippen LogP contribution in [0.25, 0.3) is 0 Å². The van der Waals surface area contributed by atoms with Gasteiger partial charge >= 0.3 is 12.4 Å². The van der Waals surface area contributed by atoms with Crippen molar-refractivity contribution >= 4 is 0 Å². The number of halogens is 6. The Hall–Kier alpha value is -2.10. The summed E-state index contributed by atoms with van der Waals surface area (Å²) in [5.74, 6) is 0. The summed E-state index contributed by atoms with van der Waals surface area (Å²) in [5, 5.41) is 9.51. The lowest BCUT2D eigenvalue weighted by atomic mass is 9.55. The molecule has 0 amide bonds. The van der Waals surface area contributed by atoms with Gasteiger partial charge in [-0.15, -0.1) is 0 Å². The van der Waals surface area contributed by atoms with Crippen LogP contribution >= 0.6 is 0 Å². The molecule has 2 aromatic carbocycles. The first-order chi connectivity index (χ1) is 14.3. The molecule has 1 atom stereocenters. The van der Waals surface area contributed by atoms with E-state index in [2.05, 4.69) is 0 Å². The Morgan fingerprint density at radius 3 is 1.94 bits per heavy atom. The number of ether oxygens (including phenoxy) is 1. The van der Waals surface area contributed by atoms with Crippen LogP contribution in [0, 0.1) is 0 Å². The molecule has 9 heteroatoms. The van der Waals surface area contributed by atoms with Crippen molar-refractivity contribution in [3.63, 3.8) is 0 Å². The smallest absolute Gasteiger partial charge is 0.394 e. The second-order valence-electron chi connectivity index (χ2n) is 8.31. The highest BCUT2D eigenvalue weighted by atomic mass is 19.4. The van der Waals surface area contributed by atoms with Gasteiger partial charge in [0.2, 0.25) is 0 Å². The molecule has 0 saturated heterocycles. The number of hydrogen-bond acceptors (Lipinski definition) is 3. The lowest BCUT2D eigenvalue weighted by Crippen LogP contribution is -2.64. The molecule has 1 aliphatic rings. The van der Waals surface area contributed by atoms with Gasteiger partial charge in [0.1, 0.15) is 0 Å². The molecule has 0 bridgehead atoms. The minimum Gasteiger partial charge on any atom is -0.394 e. The van der Waals surface area contributed by atoms with E-state index in [1.165, 1.54) is 6.92 Å². The highest BCUT2D eigenvalue weighted by Crippen LogP contribution is 2.50. The Morgan fingerprint density at radius 2 is 1.48 bits per heavy atom. The molecule has 3 rings (SSSR count). The zero-order valence-corrected chi connectivity index (χ0v) is 16.7. The van der Waals surface area contributed by atoms with Crippen LogP contribution in [0.15, 0.2) is 48.5 Å². The van der Waals surface area contributed by atoms with E-state index in [1.807, 2.05) is 30.3 Å². The number of alkyl halides is 6. The van der Waals surface area contributed by atoms with E-state index in [0.29, 0.717) is 25.0 Å². The Labute approximate surface area is 175 Å². The summed E-state index contributed by atoms with van der Waals surface area (Å²) in [6.07, 6.45) is -10.1. The predicted octanol–water partition coefficient (Wildman–Crippen LogP) is 5.22. The SMILES string of the molecule is C[C@@H](OCC1(c2ccccc2)CC(N)(CO)C1)c1cc(C(F)(F)F)cc(C(F)(F)F)c1. The summed E-state index contributed by atoms with van der Waals surface area (Å²) in [4.78, 5) is 0. The summed E-state index contributed by atoms with van der Waals surface area (Å²) >= 11 is 0. The molecule has 0 radical (unpaired) electrons. The highest BCUT2D eigenvalue weighted by Gasteiger charge is 2.53. The Kier molecular flexibility index (Phi) is 6.16. The molecule has 0 heterocycles. The molecule has 0 spiro atoms. The van der Waals surface area contributed by atoms with Crippen LogP contribution in [0.5, 0.6) is 0 Å². The standard InChI is InChI=1S/C22H23F6NO2/c1-14(15-7-17(21(23,24)25)9-18(8-15)22(26,27)28)31-13-19(10-20(29,11-19)12-30)16-5-3-2-4-6-16/h2-9,14,30H,10-13,29H2,1H3/t14-,19?,20?/m1/s1. The third-order valence-corrected chi connectivity index (χ3v) is 5.77. The predicted molar refractivity (Wildman–Crippen MR) is 102 cm³/mol. The van der Waals surface area contributed by atoms with Crippen LogP contribution in [-0.4, -0.2) is 23.9 Å². The normalized spacial score (nSPS) is 25.2. The van der Waals surface area contributed by atoms with Gasteiger partial charge in [-0.3, -0.25) is 0 Å². The largest absolute Gasteiger partial charge is 0.416 e. The monoisotopic (exact) mass is 447 g/mol. The van der Waals surface area contributed by atoms with Gasteiger partial charge in [-0.25, -0.2) is 0 Å². The van der Waals surface area contributed by atoms with E-state index in [0.717, 1.165) is 5.56 Å². The van der Waals surface area contributed by atoms with Gasteiger partial charge in [0.05, 0.1) is 30.4 Å². The minimum absolute atomic E-state index is 0.0364. The zero-order valence-electron chi connectivity index (χ0n) is 16.7. The maximum absolute atomic E-state index is 13.1. The van der Waals surface area contributed by atoms with Crippen molar-refractivity contribution in [2.24, 2.45) is 5.73 Å². The van der Waals surface area contributed by atoms with Gasteiger partial charge in [0.25, 0.3) is 0 Å². The highest BCUT2D eigenvalue weighted by molar-refractivity contribution is 5.35. The first kappa shape index (κ1) is 23.6. The van der Waals surface area contributed by atoms with Crippen LogP contribution in [-0.2, 0) is 22.5 Å². The van der Waals surface area contributed by atoms with E-state index >= 15 is 0 Å². The lowest BCUT2D eigenvalue weighted by molar-refractivity contribution is -0.143. The van der Waals surface area contributed by atoms with Crippen LogP contribution in [0.3, 0.4) is 0 Å². The van der Waals surface area contributed by atoms with Crippen molar-refractivity contribution in [2.75, 3.05) is 13.2 Å². The molecule has 31 heavy (non-hydrogen) atoms. The lowest BCUT2D eigenvalue weighted by Gasteiger charge is -2.54. The second kappa shape index (κ2) is 8.11. The first-order valence-corrected chi connectivity index (χ1v) is 9.64. The molecule has 1 aliphatic carbocycles. The number of benzene rings is 2. The molecule has 0 aliphatic heterocycles. The molecule has 0 aromatic heterocycles. The van der Waals surface area contributed by atoms with E-state index in [-0.39, 0.29) is 24.8 Å². The summed E-state index contributed by atoms with van der Waals surface area (Å²) in [6.45, 7) is 1.21. The number of aliphatic hydroxyl groups is 1. The number of rotatable bonds is 6. The van der Waals surface area contributed by atoms with Crippen molar-refractivity contribution in [3.8, 4) is 0 Å². The fourth-order valence-electron chi connectivity index (χ4n) is 4.18. The zero-order chi connectivity index (χ0) is 23.1. The Morgan fingerprint density at radius 1 is 0.968 bits per heavy atom. The molecule has 1 saturated carbocycles. The van der Waals surface area contributed by atoms with Gasteiger partial charge in [-0.2, -0.15) is 26.3 Å². The molecular weight excluding hydrogens is 424 g/mol. The van der Waals surface area contributed by atoms with Crippen molar-refractivity contribution in [1.82, 2.24) is 0 Å². The third kappa shape index (κ3) is 5.05. The number of nitrogens with two attached hydrogens (primary N) is 1. The van der Waals surface area contributed by atoms with Crippen molar-refractivity contribution in [1.29, 1.82) is 0 Å². The summed E-state index contributed by atoms with van der Waals surface area (Å²) in [6, 6.07) is 10.6. The Balaban J connectivity index is 1.86. The fourth-order valence-corrected chi connectivity index (χ4v) is 4.18. The molecular formula is C22H23F6NO2. The summed E-state index contributed by atoms with van der Waals surface area (Å²) in [5.41, 5.74) is 2.64. The van der Waals surface area contributed by atoms with Gasteiger partial charge in [-0.05, 0) is 49.1 Å². The fraction of sp³-hybridized carbons (Fsp3) is 0.455. The molecule has 3 N–H and O–H groups in total. The average molecular weight is 447 g/mol. The first-order valence-electron chi connectivity index (χ1n) is 9.64. The molecule has 3 nitrogen and oxygen atoms in total. The van der Waals surface area contributed by atoms with E-state index in [9.17, 15) is 31.4 Å². The molecule has 2 aromatic rings. The van der Waals surface area contributed by atoms with E-state index in [1.54, 1.807) is 0 Å². The van der Waals surface area contributed by atoms with Gasteiger partial charge in [-0.1, -0.05) is 30.3 Å². The average Bonchev–Trinajstić information content (AvgIpc) is 2.69. The topological polar surface area (TPSA) is 55.5 Å². The molecule has 0 unspecified atom stereocenters. The van der Waals surface area contributed by atoms with Crippen LogP contribution in [0.4, 0.5) is 26.3 Å². The maximum Gasteiger partial charge on any atom is 0.416 e. The quantitative estimate of drug-likeness (QED) is 0.597. The van der Waals surface area contributed by atoms with Crippen molar-refractivity contribution in [2.45, 2.75) is 49.2 Å².